The lowest BCUT2D eigenvalue weighted by Gasteiger charge is -2.16. The Morgan fingerprint density at radius 1 is 1.10 bits per heavy atom. The van der Waals surface area contributed by atoms with E-state index in [0.717, 1.165) is 0 Å². The molecule has 2 heterocycles. The van der Waals surface area contributed by atoms with E-state index < -0.39 is 11.8 Å². The molecule has 0 atom stereocenters. The maximum atomic E-state index is 13.1. The molecule has 0 fully saturated rings. The summed E-state index contributed by atoms with van der Waals surface area (Å²) in [6.45, 7) is 0.0157. The highest BCUT2D eigenvalue weighted by atomic mass is 35.5. The molecule has 0 saturated heterocycles. The number of rotatable bonds is 5. The van der Waals surface area contributed by atoms with Gasteiger partial charge in [-0.05, 0) is 35.9 Å². The van der Waals surface area contributed by atoms with E-state index in [9.17, 15) is 9.59 Å². The van der Waals surface area contributed by atoms with Crippen LogP contribution in [0.25, 0.3) is 5.82 Å². The predicted octanol–water partition coefficient (Wildman–Crippen LogP) is 3.15. The Morgan fingerprint density at radius 2 is 1.86 bits per heavy atom. The van der Waals surface area contributed by atoms with Gasteiger partial charge in [0.15, 0.2) is 5.82 Å². The van der Waals surface area contributed by atoms with Gasteiger partial charge < -0.3 is 11.1 Å². The second kappa shape index (κ2) is 8.81. The van der Waals surface area contributed by atoms with Crippen LogP contribution in [0, 0.1) is 0 Å². The van der Waals surface area contributed by atoms with Crippen molar-refractivity contribution in [3.05, 3.63) is 74.6 Å². The first kappa shape index (κ1) is 21.1. The molecule has 150 valence electrons. The third-order valence-corrected chi connectivity index (χ3v) is 4.86. The fourth-order valence-electron chi connectivity index (χ4n) is 2.76. The van der Waals surface area contributed by atoms with Gasteiger partial charge in [0.2, 0.25) is 0 Å². The highest BCUT2D eigenvalue weighted by molar-refractivity contribution is 6.35. The second-order valence-electron chi connectivity index (χ2n) is 5.81. The van der Waals surface area contributed by atoms with E-state index in [2.05, 4.69) is 10.3 Å². The van der Waals surface area contributed by atoms with Crippen LogP contribution in [0.1, 0.15) is 26.4 Å². The molecule has 0 aliphatic carbocycles. The Bertz CT molecular complexity index is 1100. The van der Waals surface area contributed by atoms with E-state index in [-0.39, 0.29) is 33.5 Å². The normalized spacial score (nSPS) is 10.7. The number of carbonyl (C=O) groups is 2. The van der Waals surface area contributed by atoms with Crippen molar-refractivity contribution in [3.63, 3.8) is 0 Å². The van der Waals surface area contributed by atoms with Crippen LogP contribution in [0.3, 0.4) is 0 Å². The lowest BCUT2D eigenvalue weighted by molar-refractivity contribution is 0.0954. The number of hydrazine groups is 1. The molecule has 3 rings (SSSR count). The molecular formula is C18H15Cl3N6O2. The zero-order chi connectivity index (χ0) is 21.1. The number of pyridine rings is 1. The number of nitrogens with one attached hydrogen (secondary N) is 2. The molecule has 0 saturated carbocycles. The first-order chi connectivity index (χ1) is 13.9. The zero-order valence-corrected chi connectivity index (χ0v) is 17.0. The van der Waals surface area contributed by atoms with E-state index in [1.807, 2.05) is 5.43 Å². The number of nitrogens with zero attached hydrogens (tertiary/aromatic N) is 2. The van der Waals surface area contributed by atoms with Crippen molar-refractivity contribution >= 4 is 52.3 Å². The lowest BCUT2D eigenvalue weighted by atomic mass is 10.1. The van der Waals surface area contributed by atoms with Gasteiger partial charge >= 0.3 is 0 Å². The van der Waals surface area contributed by atoms with Crippen molar-refractivity contribution in [2.45, 2.75) is 6.54 Å². The number of aromatic nitrogens is 2. The molecule has 0 spiro atoms. The first-order valence-electron chi connectivity index (χ1n) is 8.19. The van der Waals surface area contributed by atoms with Crippen LogP contribution in [0.15, 0.2) is 42.7 Å². The third kappa shape index (κ3) is 4.21. The van der Waals surface area contributed by atoms with Crippen molar-refractivity contribution < 1.29 is 9.59 Å². The topological polar surface area (TPSA) is 128 Å². The number of hydrogen-bond acceptors (Lipinski definition) is 5. The van der Waals surface area contributed by atoms with Crippen molar-refractivity contribution in [1.82, 2.24) is 15.0 Å². The van der Waals surface area contributed by atoms with Crippen LogP contribution in [0.2, 0.25) is 15.1 Å². The number of amides is 2. The zero-order valence-electron chi connectivity index (χ0n) is 14.7. The van der Waals surface area contributed by atoms with Crippen LogP contribution >= 0.6 is 34.8 Å². The van der Waals surface area contributed by atoms with Crippen LogP contribution in [0.5, 0.6) is 0 Å². The molecule has 1 aromatic carbocycles. The molecule has 0 aliphatic heterocycles. The van der Waals surface area contributed by atoms with Crippen LogP contribution in [-0.4, -0.2) is 21.4 Å². The molecule has 0 unspecified atom stereocenters. The summed E-state index contributed by atoms with van der Waals surface area (Å²) in [6, 6.07) is 7.74. The van der Waals surface area contributed by atoms with E-state index in [1.54, 1.807) is 24.4 Å². The summed E-state index contributed by atoms with van der Waals surface area (Å²) >= 11 is 18.5. The summed E-state index contributed by atoms with van der Waals surface area (Å²) in [5.41, 5.74) is 8.51. The highest BCUT2D eigenvalue weighted by Crippen LogP contribution is 2.29. The van der Waals surface area contributed by atoms with Crippen molar-refractivity contribution in [2.24, 2.45) is 11.6 Å². The van der Waals surface area contributed by atoms with E-state index >= 15 is 0 Å². The summed E-state index contributed by atoms with van der Waals surface area (Å²) in [6.07, 6.45) is 3.09. The number of hydrogen-bond donors (Lipinski definition) is 4. The van der Waals surface area contributed by atoms with Crippen LogP contribution < -0.4 is 22.3 Å². The fraction of sp³-hybridized carbons (Fsp3) is 0.0556. The first-order valence-corrected chi connectivity index (χ1v) is 9.33. The molecule has 11 heteroatoms. The average Bonchev–Trinajstić information content (AvgIpc) is 3.09. The molecule has 6 N–H and O–H groups in total. The highest BCUT2D eigenvalue weighted by Gasteiger charge is 2.23. The number of nitrogens with two attached hydrogens (primary N) is 2. The summed E-state index contributed by atoms with van der Waals surface area (Å²) in [5, 5.41) is 3.43. The summed E-state index contributed by atoms with van der Waals surface area (Å²) in [5.74, 6) is 4.31. The van der Waals surface area contributed by atoms with Gasteiger partial charge in [0, 0.05) is 24.0 Å². The Kier molecular flexibility index (Phi) is 6.41. The molecule has 8 nitrogen and oxygen atoms in total. The van der Waals surface area contributed by atoms with Crippen molar-refractivity contribution in [1.29, 1.82) is 0 Å². The molecule has 3 aromatic rings. The van der Waals surface area contributed by atoms with Gasteiger partial charge in [-0.1, -0.05) is 34.8 Å². The minimum absolute atomic E-state index is 0.0157. The van der Waals surface area contributed by atoms with E-state index in [0.29, 0.717) is 16.4 Å². The Morgan fingerprint density at radius 3 is 2.52 bits per heavy atom. The van der Waals surface area contributed by atoms with Crippen molar-refractivity contribution in [3.8, 4) is 5.82 Å². The molecule has 2 amide bonds. The second-order valence-corrected chi connectivity index (χ2v) is 7.06. The Hall–Kier alpha value is -2.62. The lowest BCUT2D eigenvalue weighted by Crippen LogP contribution is -2.31. The monoisotopic (exact) mass is 452 g/mol. The number of halogens is 3. The summed E-state index contributed by atoms with van der Waals surface area (Å²) in [4.78, 5) is 29.5. The number of benzene rings is 1. The van der Waals surface area contributed by atoms with Crippen molar-refractivity contribution in [2.75, 3.05) is 5.32 Å². The van der Waals surface area contributed by atoms with Crippen LogP contribution in [0.4, 0.5) is 5.69 Å². The minimum Gasteiger partial charge on any atom is -0.326 e. The van der Waals surface area contributed by atoms with Gasteiger partial charge in [-0.15, -0.1) is 0 Å². The van der Waals surface area contributed by atoms with E-state index in [1.165, 1.54) is 22.9 Å². The number of carbonyl (C=O) groups excluding carboxylic acids is 2. The number of anilines is 1. The van der Waals surface area contributed by atoms with Gasteiger partial charge in [0.05, 0.1) is 21.3 Å². The van der Waals surface area contributed by atoms with Gasteiger partial charge in [-0.3, -0.25) is 19.6 Å². The largest absolute Gasteiger partial charge is 0.326 e. The van der Waals surface area contributed by atoms with E-state index in [4.69, 9.17) is 46.4 Å². The molecule has 29 heavy (non-hydrogen) atoms. The Balaban J connectivity index is 2.08. The molecular weight excluding hydrogens is 439 g/mol. The minimum atomic E-state index is -0.647. The molecule has 0 bridgehead atoms. The molecule has 0 aliphatic rings. The third-order valence-electron chi connectivity index (χ3n) is 4.04. The summed E-state index contributed by atoms with van der Waals surface area (Å²) in [7, 11) is 0. The fourth-order valence-corrected chi connectivity index (χ4v) is 3.45. The summed E-state index contributed by atoms with van der Waals surface area (Å²) < 4.78 is 1.45. The molecule has 2 aromatic heterocycles. The van der Waals surface area contributed by atoms with Crippen LogP contribution in [-0.2, 0) is 6.54 Å². The maximum absolute atomic E-state index is 13.1. The van der Waals surface area contributed by atoms with Gasteiger partial charge in [-0.25, -0.2) is 10.8 Å². The van der Waals surface area contributed by atoms with Gasteiger partial charge in [-0.2, -0.15) is 0 Å². The standard InChI is InChI=1S/C18H15Cl3N6O2/c19-10-6-9(8-22)14(11(7-10)17(28)26-23)25-18(29)15-12(20)3-5-27(15)16-13(21)2-1-4-24-16/h1-7H,8,22-23H2,(H,25,29)(H,26,28). The van der Waals surface area contributed by atoms with Gasteiger partial charge in [0.1, 0.15) is 5.69 Å². The smallest absolute Gasteiger partial charge is 0.274 e. The predicted molar refractivity (Wildman–Crippen MR) is 113 cm³/mol. The SMILES string of the molecule is NCc1cc(Cl)cc(C(=O)NN)c1NC(=O)c1c(Cl)ccn1-c1ncccc1Cl. The Labute approximate surface area is 180 Å². The number of nitrogen functional groups attached to an aromatic ring is 1. The van der Waals surface area contributed by atoms with Gasteiger partial charge in [0.25, 0.3) is 11.8 Å². The average molecular weight is 454 g/mol. The molecule has 0 radical (unpaired) electrons. The maximum Gasteiger partial charge on any atom is 0.274 e. The quantitative estimate of drug-likeness (QED) is 0.268.